The first-order valence-corrected chi connectivity index (χ1v) is 10.1. The molecule has 2 aromatic rings. The van der Waals surface area contributed by atoms with Crippen LogP contribution in [-0.4, -0.2) is 42.4 Å². The Morgan fingerprint density at radius 2 is 2.03 bits per heavy atom. The highest BCUT2D eigenvalue weighted by atomic mass is 16.7. The molecule has 0 N–H and O–H groups in total. The largest absolute Gasteiger partial charge is 0.454 e. The molecule has 1 aromatic heterocycles. The van der Waals surface area contributed by atoms with Crippen molar-refractivity contribution in [1.82, 2.24) is 4.57 Å². The molecule has 1 atom stereocenters. The highest BCUT2D eigenvalue weighted by molar-refractivity contribution is 6.00. The average Bonchev–Trinajstić information content (AvgIpc) is 3.47. The van der Waals surface area contributed by atoms with Crippen LogP contribution in [0.3, 0.4) is 0 Å². The zero-order valence-electron chi connectivity index (χ0n) is 17.2. The van der Waals surface area contributed by atoms with Crippen molar-refractivity contribution in [3.8, 4) is 11.5 Å². The molecule has 1 fully saturated rings. The van der Waals surface area contributed by atoms with E-state index in [1.165, 1.54) is 6.08 Å². The van der Waals surface area contributed by atoms with E-state index in [1.807, 2.05) is 26.0 Å². The number of carbonyl (C=O) groups excluding carboxylic acids is 2. The third-order valence-corrected chi connectivity index (χ3v) is 5.44. The highest BCUT2D eigenvalue weighted by Crippen LogP contribution is 2.32. The quantitative estimate of drug-likeness (QED) is 0.395. The predicted octanol–water partition coefficient (Wildman–Crippen LogP) is 3.45. The number of esters is 1. The molecule has 0 saturated carbocycles. The highest BCUT2D eigenvalue weighted by Gasteiger charge is 2.21. The molecule has 2 aliphatic heterocycles. The molecule has 4 rings (SSSR count). The van der Waals surface area contributed by atoms with Crippen LogP contribution in [0, 0.1) is 13.8 Å². The van der Waals surface area contributed by atoms with Gasteiger partial charge in [-0.2, -0.15) is 0 Å². The summed E-state index contributed by atoms with van der Waals surface area (Å²) in [6.07, 6.45) is 5.21. The van der Waals surface area contributed by atoms with E-state index in [0.717, 1.165) is 42.9 Å². The molecule has 7 nitrogen and oxygen atoms in total. The Kier molecular flexibility index (Phi) is 5.90. The number of fused-ring (bicyclic) bond motifs is 1. The molecular formula is C23H25NO6. The van der Waals surface area contributed by atoms with Gasteiger partial charge < -0.3 is 23.5 Å². The number of rotatable bonds is 7. The maximum atomic E-state index is 12.6. The van der Waals surface area contributed by atoms with Crippen LogP contribution in [0.4, 0.5) is 0 Å². The Morgan fingerprint density at radius 3 is 2.83 bits per heavy atom. The third kappa shape index (κ3) is 4.41. The Labute approximate surface area is 175 Å². The molecule has 0 spiro atoms. The number of Topliss-reactive ketones (excluding diaryl/α,β-unsaturated/α-hetero) is 1. The molecule has 3 heterocycles. The molecule has 0 aliphatic carbocycles. The number of ether oxygens (including phenoxy) is 4. The fourth-order valence-electron chi connectivity index (χ4n) is 3.80. The zero-order valence-corrected chi connectivity index (χ0v) is 17.2. The van der Waals surface area contributed by atoms with Gasteiger partial charge in [0.2, 0.25) is 12.6 Å². The van der Waals surface area contributed by atoms with E-state index in [1.54, 1.807) is 18.2 Å². The lowest BCUT2D eigenvalue weighted by molar-refractivity contribution is -0.136. The Hall–Kier alpha value is -3.06. The van der Waals surface area contributed by atoms with Crippen LogP contribution in [0.1, 0.15) is 40.2 Å². The van der Waals surface area contributed by atoms with Crippen molar-refractivity contribution in [1.29, 1.82) is 0 Å². The van der Waals surface area contributed by atoms with Gasteiger partial charge in [-0.05, 0) is 56.5 Å². The van der Waals surface area contributed by atoms with E-state index in [2.05, 4.69) is 4.57 Å². The number of benzene rings is 1. The van der Waals surface area contributed by atoms with Crippen molar-refractivity contribution in [2.75, 3.05) is 20.0 Å². The number of hydrogen-bond donors (Lipinski definition) is 0. The normalized spacial score (nSPS) is 17.6. The van der Waals surface area contributed by atoms with Crippen molar-refractivity contribution in [2.45, 2.75) is 39.3 Å². The Morgan fingerprint density at radius 1 is 1.20 bits per heavy atom. The molecule has 158 valence electrons. The van der Waals surface area contributed by atoms with Gasteiger partial charge >= 0.3 is 5.97 Å². The summed E-state index contributed by atoms with van der Waals surface area (Å²) in [4.78, 5) is 24.6. The topological polar surface area (TPSA) is 76.0 Å². The second-order valence-electron chi connectivity index (χ2n) is 7.51. The summed E-state index contributed by atoms with van der Waals surface area (Å²) in [6, 6.07) is 7.22. The van der Waals surface area contributed by atoms with E-state index < -0.39 is 5.97 Å². The van der Waals surface area contributed by atoms with Gasteiger partial charge in [0.1, 0.15) is 0 Å². The molecule has 7 heteroatoms. The molecule has 0 bridgehead atoms. The minimum atomic E-state index is -0.575. The predicted molar refractivity (Wildman–Crippen MR) is 110 cm³/mol. The van der Waals surface area contributed by atoms with Crippen LogP contribution < -0.4 is 9.47 Å². The fraction of sp³-hybridized carbons (Fsp3) is 0.391. The molecular weight excluding hydrogens is 386 g/mol. The van der Waals surface area contributed by atoms with Gasteiger partial charge in [0.25, 0.3) is 0 Å². The molecule has 1 unspecified atom stereocenters. The van der Waals surface area contributed by atoms with Gasteiger partial charge in [0.05, 0.1) is 6.10 Å². The van der Waals surface area contributed by atoms with Crippen LogP contribution >= 0.6 is 0 Å². The first-order chi connectivity index (χ1) is 14.5. The summed E-state index contributed by atoms with van der Waals surface area (Å²) in [5.41, 5.74) is 3.23. The number of hydrogen-bond acceptors (Lipinski definition) is 6. The minimum Gasteiger partial charge on any atom is -0.454 e. The molecule has 1 saturated heterocycles. The van der Waals surface area contributed by atoms with Crippen molar-refractivity contribution < 1.29 is 28.5 Å². The van der Waals surface area contributed by atoms with Gasteiger partial charge in [0.15, 0.2) is 18.1 Å². The number of ketones is 1. The van der Waals surface area contributed by atoms with Gasteiger partial charge in [-0.25, -0.2) is 4.79 Å². The van der Waals surface area contributed by atoms with E-state index in [-0.39, 0.29) is 25.3 Å². The van der Waals surface area contributed by atoms with Crippen molar-refractivity contribution in [2.24, 2.45) is 0 Å². The smallest absolute Gasteiger partial charge is 0.331 e. The van der Waals surface area contributed by atoms with E-state index in [9.17, 15) is 9.59 Å². The average molecular weight is 411 g/mol. The molecule has 0 radical (unpaired) electrons. The number of nitrogens with zero attached hydrogens (tertiary/aromatic N) is 1. The van der Waals surface area contributed by atoms with Crippen LogP contribution in [0.2, 0.25) is 0 Å². The second-order valence-corrected chi connectivity index (χ2v) is 7.51. The van der Waals surface area contributed by atoms with Crippen LogP contribution in [-0.2, 0) is 20.8 Å². The first-order valence-electron chi connectivity index (χ1n) is 10.1. The summed E-state index contributed by atoms with van der Waals surface area (Å²) >= 11 is 0. The van der Waals surface area contributed by atoms with Crippen LogP contribution in [0.25, 0.3) is 6.08 Å². The summed E-state index contributed by atoms with van der Waals surface area (Å²) in [7, 11) is 0. The minimum absolute atomic E-state index is 0.192. The lowest BCUT2D eigenvalue weighted by atomic mass is 10.1. The van der Waals surface area contributed by atoms with Crippen LogP contribution in [0.15, 0.2) is 30.3 Å². The van der Waals surface area contributed by atoms with Crippen molar-refractivity contribution in [3.05, 3.63) is 52.9 Å². The number of aromatic nitrogens is 1. The SMILES string of the molecule is Cc1cc(C(=O)COC(=O)/C=C/c2ccc3c(c2)OCO3)c(C)n1CC1CCCO1. The Balaban J connectivity index is 1.33. The van der Waals surface area contributed by atoms with Gasteiger partial charge in [-0.15, -0.1) is 0 Å². The van der Waals surface area contributed by atoms with E-state index in [4.69, 9.17) is 18.9 Å². The summed E-state index contributed by atoms with van der Waals surface area (Å²) in [6.45, 7) is 5.32. The lowest BCUT2D eigenvalue weighted by Gasteiger charge is -2.14. The summed E-state index contributed by atoms with van der Waals surface area (Å²) in [5.74, 6) is 0.525. The number of aryl methyl sites for hydroxylation is 1. The van der Waals surface area contributed by atoms with Gasteiger partial charge in [-0.1, -0.05) is 6.07 Å². The second kappa shape index (κ2) is 8.75. The monoisotopic (exact) mass is 411 g/mol. The van der Waals surface area contributed by atoms with Crippen molar-refractivity contribution >= 4 is 17.8 Å². The van der Waals surface area contributed by atoms with Gasteiger partial charge in [0, 0.05) is 36.2 Å². The van der Waals surface area contributed by atoms with E-state index in [0.29, 0.717) is 17.1 Å². The third-order valence-electron chi connectivity index (χ3n) is 5.44. The lowest BCUT2D eigenvalue weighted by Crippen LogP contribution is -2.18. The maximum absolute atomic E-state index is 12.6. The molecule has 1 aromatic carbocycles. The zero-order chi connectivity index (χ0) is 21.1. The molecule has 0 amide bonds. The maximum Gasteiger partial charge on any atom is 0.331 e. The molecule has 30 heavy (non-hydrogen) atoms. The van der Waals surface area contributed by atoms with Gasteiger partial charge in [-0.3, -0.25) is 4.79 Å². The fourth-order valence-corrected chi connectivity index (χ4v) is 3.80. The standard InChI is InChI=1S/C23H25NO6/c1-15-10-19(16(2)24(15)12-18-4-3-9-27-18)20(25)13-28-23(26)8-6-17-5-7-21-22(11-17)30-14-29-21/h5-8,10-11,18H,3-4,9,12-14H2,1-2H3/b8-6+. The summed E-state index contributed by atoms with van der Waals surface area (Å²) < 4.78 is 23.5. The number of carbonyl (C=O) groups is 2. The Bertz CT molecular complexity index is 984. The van der Waals surface area contributed by atoms with Crippen molar-refractivity contribution in [3.63, 3.8) is 0 Å². The first kappa shape index (κ1) is 20.2. The van der Waals surface area contributed by atoms with E-state index >= 15 is 0 Å². The van der Waals surface area contributed by atoms with Crippen LogP contribution in [0.5, 0.6) is 11.5 Å². The molecule has 2 aliphatic rings. The summed E-state index contributed by atoms with van der Waals surface area (Å²) in [5, 5.41) is 0.